The minimum Gasteiger partial charge on any atom is -0.351 e. The van der Waals surface area contributed by atoms with Crippen molar-refractivity contribution in [2.45, 2.75) is 25.2 Å². The Bertz CT molecular complexity index is 415. The molecule has 0 aromatic carbocycles. The van der Waals surface area contributed by atoms with E-state index in [2.05, 4.69) is 31.5 Å². The second-order valence-electron chi connectivity index (χ2n) is 4.02. The van der Waals surface area contributed by atoms with Crippen molar-refractivity contribution >= 4 is 21.8 Å². The fourth-order valence-corrected chi connectivity index (χ4v) is 2.17. The van der Waals surface area contributed by atoms with Gasteiger partial charge in [-0.3, -0.25) is 9.78 Å². The number of hydrogen-bond acceptors (Lipinski definition) is 3. The highest BCUT2D eigenvalue weighted by atomic mass is 79.9. The molecule has 1 amide bonds. The van der Waals surface area contributed by atoms with E-state index in [9.17, 15) is 9.18 Å². The van der Waals surface area contributed by atoms with Gasteiger partial charge in [0, 0.05) is 36.4 Å². The third-order valence-corrected chi connectivity index (χ3v) is 3.06. The number of pyridine rings is 1. The summed E-state index contributed by atoms with van der Waals surface area (Å²) in [6, 6.07) is 1.47. The summed E-state index contributed by atoms with van der Waals surface area (Å²) in [5.41, 5.74) is 0.905. The van der Waals surface area contributed by atoms with Crippen molar-refractivity contribution in [2.24, 2.45) is 0 Å². The van der Waals surface area contributed by atoms with Crippen LogP contribution in [0.2, 0.25) is 0 Å². The lowest BCUT2D eigenvalue weighted by Gasteiger charge is -2.10. The molecule has 17 heavy (non-hydrogen) atoms. The predicted octanol–water partition coefficient (Wildman–Crippen LogP) is 1.16. The normalized spacial score (nSPS) is 23.6. The first kappa shape index (κ1) is 12.4. The number of nitrogens with zero attached hydrogens (tertiary/aromatic N) is 1. The third kappa shape index (κ3) is 3.47. The molecular weight excluding hydrogens is 289 g/mol. The first-order valence-electron chi connectivity index (χ1n) is 5.40. The van der Waals surface area contributed by atoms with Gasteiger partial charge in [-0.2, -0.15) is 0 Å². The van der Waals surface area contributed by atoms with Crippen LogP contribution in [0.4, 0.5) is 4.39 Å². The fourth-order valence-electron chi connectivity index (χ4n) is 1.76. The van der Waals surface area contributed by atoms with E-state index >= 15 is 0 Å². The molecule has 0 unspecified atom stereocenters. The van der Waals surface area contributed by atoms with Crippen molar-refractivity contribution in [3.63, 3.8) is 0 Å². The van der Waals surface area contributed by atoms with E-state index in [1.165, 1.54) is 0 Å². The van der Waals surface area contributed by atoms with Gasteiger partial charge in [-0.05, 0) is 27.6 Å². The molecule has 0 aliphatic carbocycles. The lowest BCUT2D eigenvalue weighted by Crippen LogP contribution is -2.40. The van der Waals surface area contributed by atoms with E-state index in [1.807, 2.05) is 6.07 Å². The molecule has 1 saturated heterocycles. The van der Waals surface area contributed by atoms with Gasteiger partial charge in [-0.25, -0.2) is 4.39 Å². The number of rotatable bonds is 3. The van der Waals surface area contributed by atoms with Crippen molar-refractivity contribution in [3.05, 3.63) is 28.5 Å². The molecule has 1 aliphatic rings. The molecule has 0 spiro atoms. The quantitative estimate of drug-likeness (QED) is 0.881. The zero-order valence-electron chi connectivity index (χ0n) is 9.12. The van der Waals surface area contributed by atoms with Crippen LogP contribution in [-0.4, -0.2) is 29.6 Å². The van der Waals surface area contributed by atoms with Crippen LogP contribution < -0.4 is 10.6 Å². The summed E-state index contributed by atoms with van der Waals surface area (Å²) in [6.07, 6.45) is 2.70. The Morgan fingerprint density at radius 1 is 1.65 bits per heavy atom. The fraction of sp³-hybridized carbons (Fsp3) is 0.455. The molecule has 0 saturated carbocycles. The summed E-state index contributed by atoms with van der Waals surface area (Å²) in [6.45, 7) is 0.664. The van der Waals surface area contributed by atoms with Crippen molar-refractivity contribution in [1.82, 2.24) is 15.6 Å². The van der Waals surface area contributed by atoms with Gasteiger partial charge in [0.1, 0.15) is 6.17 Å². The van der Waals surface area contributed by atoms with Gasteiger partial charge in [-0.15, -0.1) is 0 Å². The Morgan fingerprint density at radius 2 is 2.47 bits per heavy atom. The van der Waals surface area contributed by atoms with Crippen molar-refractivity contribution in [3.8, 4) is 0 Å². The highest BCUT2D eigenvalue weighted by Gasteiger charge is 2.28. The number of aromatic nitrogens is 1. The van der Waals surface area contributed by atoms with Crippen LogP contribution in [-0.2, 0) is 11.3 Å². The predicted molar refractivity (Wildman–Crippen MR) is 65.1 cm³/mol. The molecule has 2 atom stereocenters. The lowest BCUT2D eigenvalue weighted by atomic mass is 10.2. The average Bonchev–Trinajstić information content (AvgIpc) is 2.73. The first-order valence-corrected chi connectivity index (χ1v) is 6.19. The SMILES string of the molecule is O=C(NCc1cncc(Br)c1)[C@@H]1C[C@@H](F)CN1. The smallest absolute Gasteiger partial charge is 0.237 e. The summed E-state index contributed by atoms with van der Waals surface area (Å²) in [5.74, 6) is -0.162. The zero-order chi connectivity index (χ0) is 12.3. The Hall–Kier alpha value is -1.01. The molecule has 1 aliphatic heterocycles. The molecule has 92 valence electrons. The molecular formula is C11H13BrFN3O. The van der Waals surface area contributed by atoms with Crippen LogP contribution >= 0.6 is 15.9 Å². The summed E-state index contributed by atoms with van der Waals surface area (Å²) >= 11 is 3.31. The summed E-state index contributed by atoms with van der Waals surface area (Å²) < 4.78 is 13.8. The molecule has 1 aromatic rings. The van der Waals surface area contributed by atoms with Crippen LogP contribution in [0.3, 0.4) is 0 Å². The van der Waals surface area contributed by atoms with Crippen LogP contribution in [0.25, 0.3) is 0 Å². The molecule has 2 N–H and O–H groups in total. The number of alkyl halides is 1. The molecule has 0 bridgehead atoms. The molecule has 6 heteroatoms. The number of nitrogens with one attached hydrogen (secondary N) is 2. The van der Waals surface area contributed by atoms with E-state index in [0.29, 0.717) is 6.54 Å². The van der Waals surface area contributed by atoms with Gasteiger partial charge in [0.2, 0.25) is 5.91 Å². The number of hydrogen-bond donors (Lipinski definition) is 2. The molecule has 1 fully saturated rings. The molecule has 1 aromatic heterocycles. The van der Waals surface area contributed by atoms with E-state index in [4.69, 9.17) is 0 Å². The first-order chi connectivity index (χ1) is 8.15. The molecule has 0 radical (unpaired) electrons. The van der Waals surface area contributed by atoms with E-state index in [-0.39, 0.29) is 18.9 Å². The highest BCUT2D eigenvalue weighted by molar-refractivity contribution is 9.10. The van der Waals surface area contributed by atoms with Gasteiger partial charge in [0.25, 0.3) is 0 Å². The van der Waals surface area contributed by atoms with E-state index in [1.54, 1.807) is 12.4 Å². The van der Waals surface area contributed by atoms with Gasteiger partial charge >= 0.3 is 0 Å². The Balaban J connectivity index is 1.84. The van der Waals surface area contributed by atoms with Crippen molar-refractivity contribution in [2.75, 3.05) is 6.54 Å². The molecule has 4 nitrogen and oxygen atoms in total. The monoisotopic (exact) mass is 301 g/mol. The van der Waals surface area contributed by atoms with Gasteiger partial charge < -0.3 is 10.6 Å². The zero-order valence-corrected chi connectivity index (χ0v) is 10.7. The second-order valence-corrected chi connectivity index (χ2v) is 4.94. The number of carbonyl (C=O) groups is 1. The Kier molecular flexibility index (Phi) is 4.06. The van der Waals surface area contributed by atoms with Gasteiger partial charge in [0.15, 0.2) is 0 Å². The second kappa shape index (κ2) is 5.55. The Labute approximate surface area is 107 Å². The van der Waals surface area contributed by atoms with Crippen LogP contribution in [0, 0.1) is 0 Å². The maximum absolute atomic E-state index is 12.9. The van der Waals surface area contributed by atoms with E-state index < -0.39 is 12.2 Å². The maximum Gasteiger partial charge on any atom is 0.237 e. The summed E-state index contributed by atoms with van der Waals surface area (Å²) in [4.78, 5) is 15.7. The van der Waals surface area contributed by atoms with Crippen LogP contribution in [0.5, 0.6) is 0 Å². The standard InChI is InChI=1S/C11H13BrFN3O/c12-8-1-7(3-14-5-8)4-16-11(17)10-2-9(13)6-15-10/h1,3,5,9-10,15H,2,4,6H2,(H,16,17)/t9-,10+/m1/s1. The number of amides is 1. The van der Waals surface area contributed by atoms with Gasteiger partial charge in [0.05, 0.1) is 6.04 Å². The lowest BCUT2D eigenvalue weighted by molar-refractivity contribution is -0.123. The third-order valence-electron chi connectivity index (χ3n) is 2.62. The number of carbonyl (C=O) groups excluding carboxylic acids is 1. The van der Waals surface area contributed by atoms with Crippen LogP contribution in [0.1, 0.15) is 12.0 Å². The van der Waals surface area contributed by atoms with Crippen molar-refractivity contribution in [1.29, 1.82) is 0 Å². The molecule has 2 heterocycles. The van der Waals surface area contributed by atoms with Gasteiger partial charge in [-0.1, -0.05) is 0 Å². The van der Waals surface area contributed by atoms with Crippen molar-refractivity contribution < 1.29 is 9.18 Å². The highest BCUT2D eigenvalue weighted by Crippen LogP contribution is 2.11. The summed E-state index contributed by atoms with van der Waals surface area (Å²) in [7, 11) is 0. The molecule has 2 rings (SSSR count). The average molecular weight is 302 g/mol. The largest absolute Gasteiger partial charge is 0.351 e. The minimum atomic E-state index is -0.918. The van der Waals surface area contributed by atoms with E-state index in [0.717, 1.165) is 10.0 Å². The Morgan fingerprint density at radius 3 is 3.12 bits per heavy atom. The minimum absolute atomic E-state index is 0.162. The number of halogens is 2. The topological polar surface area (TPSA) is 54.0 Å². The maximum atomic E-state index is 12.9. The van der Waals surface area contributed by atoms with Crippen LogP contribution in [0.15, 0.2) is 22.9 Å². The summed E-state index contributed by atoms with van der Waals surface area (Å²) in [5, 5.41) is 5.60.